The molecule has 2 heterocycles. The summed E-state index contributed by atoms with van der Waals surface area (Å²) in [6, 6.07) is -0.0184. The van der Waals surface area contributed by atoms with Gasteiger partial charge in [-0.1, -0.05) is 13.8 Å². The maximum absolute atomic E-state index is 12.1. The van der Waals surface area contributed by atoms with E-state index in [1.54, 1.807) is 6.20 Å². The maximum Gasteiger partial charge on any atom is 0.234 e. The Kier molecular flexibility index (Phi) is 4.58. The Morgan fingerprint density at radius 1 is 1.42 bits per heavy atom. The van der Waals surface area contributed by atoms with Crippen molar-refractivity contribution < 1.29 is 4.79 Å². The summed E-state index contributed by atoms with van der Waals surface area (Å²) in [5, 5.41) is 3.12. The highest BCUT2D eigenvalue weighted by Crippen LogP contribution is 2.19. The van der Waals surface area contributed by atoms with Crippen LogP contribution in [-0.4, -0.2) is 40.0 Å². The molecule has 1 aromatic rings. The molecule has 1 atom stereocenters. The Labute approximate surface area is 115 Å². The Morgan fingerprint density at radius 3 is 2.63 bits per heavy atom. The summed E-state index contributed by atoms with van der Waals surface area (Å²) in [4.78, 5) is 18.7. The highest BCUT2D eigenvalue weighted by atomic mass is 16.2. The molecule has 106 valence electrons. The first-order valence-corrected chi connectivity index (χ1v) is 7.07. The van der Waals surface area contributed by atoms with Crippen LogP contribution < -0.4 is 5.32 Å². The van der Waals surface area contributed by atoms with E-state index in [9.17, 15) is 4.79 Å². The fraction of sp³-hybridized carbons (Fsp3) is 0.714. The number of hydrogen-bond acceptors (Lipinski definition) is 3. The quantitative estimate of drug-likeness (QED) is 0.873. The molecule has 1 aromatic heterocycles. The predicted octanol–water partition coefficient (Wildman–Crippen LogP) is 1.33. The number of carbonyl (C=O) groups is 1. The molecule has 1 amide bonds. The van der Waals surface area contributed by atoms with E-state index in [0.29, 0.717) is 12.5 Å². The number of aromatic nitrogens is 2. The third-order valence-electron chi connectivity index (χ3n) is 3.69. The summed E-state index contributed by atoms with van der Waals surface area (Å²) in [5.74, 6) is 1.34. The van der Waals surface area contributed by atoms with E-state index in [-0.39, 0.29) is 11.9 Å². The van der Waals surface area contributed by atoms with Gasteiger partial charge in [-0.05, 0) is 31.8 Å². The molecule has 1 aliphatic rings. The number of imidazole rings is 1. The molecule has 1 fully saturated rings. The van der Waals surface area contributed by atoms with Crippen molar-refractivity contribution in [2.24, 2.45) is 13.0 Å². The summed E-state index contributed by atoms with van der Waals surface area (Å²) in [5.41, 5.74) is 0. The smallest absolute Gasteiger partial charge is 0.234 e. The zero-order valence-electron chi connectivity index (χ0n) is 12.1. The second kappa shape index (κ2) is 6.19. The van der Waals surface area contributed by atoms with Gasteiger partial charge in [-0.3, -0.25) is 9.69 Å². The molecule has 1 unspecified atom stereocenters. The number of amides is 1. The highest BCUT2D eigenvalue weighted by molar-refractivity contribution is 5.78. The van der Waals surface area contributed by atoms with Crippen LogP contribution in [0.25, 0.3) is 0 Å². The second-order valence-electron chi connectivity index (χ2n) is 5.67. The van der Waals surface area contributed by atoms with E-state index in [2.05, 4.69) is 29.0 Å². The van der Waals surface area contributed by atoms with Crippen LogP contribution in [0.15, 0.2) is 12.4 Å². The van der Waals surface area contributed by atoms with Crippen LogP contribution in [0.5, 0.6) is 0 Å². The average Bonchev–Trinajstić information content (AvgIpc) is 2.97. The number of nitrogens with one attached hydrogen (secondary N) is 1. The molecule has 0 radical (unpaired) electrons. The number of rotatable bonds is 5. The van der Waals surface area contributed by atoms with Crippen molar-refractivity contribution in [1.82, 2.24) is 19.8 Å². The second-order valence-corrected chi connectivity index (χ2v) is 5.67. The fourth-order valence-corrected chi connectivity index (χ4v) is 2.57. The minimum Gasteiger partial charge on any atom is -0.345 e. The molecule has 0 bridgehead atoms. The van der Waals surface area contributed by atoms with Crippen LogP contribution in [0.1, 0.15) is 38.6 Å². The number of carbonyl (C=O) groups excluding carboxylic acids is 1. The molecule has 1 saturated heterocycles. The Balaban J connectivity index is 1.97. The topological polar surface area (TPSA) is 50.2 Å². The molecule has 0 spiro atoms. The van der Waals surface area contributed by atoms with Crippen LogP contribution in [0.4, 0.5) is 0 Å². The standard InChI is InChI=1S/C14H24N4O/c1-11(2)13(14-15-6-9-17(14)3)16-12(19)10-18-7-4-5-8-18/h6,9,11,13H,4-5,7-8,10H2,1-3H3,(H,16,19). The van der Waals surface area contributed by atoms with Crippen molar-refractivity contribution in [2.45, 2.75) is 32.7 Å². The van der Waals surface area contributed by atoms with Gasteiger partial charge in [-0.2, -0.15) is 0 Å². The minimum atomic E-state index is -0.0184. The van der Waals surface area contributed by atoms with Crippen LogP contribution in [0.3, 0.4) is 0 Å². The maximum atomic E-state index is 12.1. The molecule has 2 rings (SSSR count). The van der Waals surface area contributed by atoms with Gasteiger partial charge in [0, 0.05) is 19.4 Å². The van der Waals surface area contributed by atoms with Gasteiger partial charge < -0.3 is 9.88 Å². The van der Waals surface area contributed by atoms with Gasteiger partial charge in [0.25, 0.3) is 0 Å². The average molecular weight is 264 g/mol. The van der Waals surface area contributed by atoms with Crippen molar-refractivity contribution in [2.75, 3.05) is 19.6 Å². The van der Waals surface area contributed by atoms with E-state index < -0.39 is 0 Å². The zero-order chi connectivity index (χ0) is 13.8. The number of hydrogen-bond donors (Lipinski definition) is 1. The van der Waals surface area contributed by atoms with Gasteiger partial charge in [-0.25, -0.2) is 4.98 Å². The largest absolute Gasteiger partial charge is 0.345 e. The third kappa shape index (κ3) is 3.56. The lowest BCUT2D eigenvalue weighted by Crippen LogP contribution is -2.40. The summed E-state index contributed by atoms with van der Waals surface area (Å²) >= 11 is 0. The van der Waals surface area contributed by atoms with Crippen LogP contribution >= 0.6 is 0 Å². The van der Waals surface area contributed by atoms with Crippen molar-refractivity contribution in [3.05, 3.63) is 18.2 Å². The van der Waals surface area contributed by atoms with Gasteiger partial charge in [0.1, 0.15) is 5.82 Å². The number of aryl methyl sites for hydroxylation is 1. The molecular formula is C14H24N4O. The monoisotopic (exact) mass is 264 g/mol. The molecule has 0 saturated carbocycles. The first-order valence-electron chi connectivity index (χ1n) is 7.07. The lowest BCUT2D eigenvalue weighted by atomic mass is 10.0. The summed E-state index contributed by atoms with van der Waals surface area (Å²) < 4.78 is 1.97. The predicted molar refractivity (Wildman–Crippen MR) is 74.6 cm³/mol. The molecule has 1 N–H and O–H groups in total. The normalized spacial score (nSPS) is 17.9. The van der Waals surface area contributed by atoms with E-state index in [0.717, 1.165) is 18.9 Å². The molecule has 0 aromatic carbocycles. The van der Waals surface area contributed by atoms with Crippen LogP contribution in [-0.2, 0) is 11.8 Å². The molecule has 0 aliphatic carbocycles. The Hall–Kier alpha value is -1.36. The van der Waals surface area contributed by atoms with E-state index >= 15 is 0 Å². The Bertz CT molecular complexity index is 421. The van der Waals surface area contributed by atoms with Crippen molar-refractivity contribution in [3.63, 3.8) is 0 Å². The highest BCUT2D eigenvalue weighted by Gasteiger charge is 2.23. The van der Waals surface area contributed by atoms with E-state index in [4.69, 9.17) is 0 Å². The first-order chi connectivity index (χ1) is 9.08. The van der Waals surface area contributed by atoms with Gasteiger partial charge in [0.05, 0.1) is 12.6 Å². The molecule has 5 heteroatoms. The lowest BCUT2D eigenvalue weighted by Gasteiger charge is -2.23. The Morgan fingerprint density at radius 2 is 2.11 bits per heavy atom. The molecular weight excluding hydrogens is 240 g/mol. The lowest BCUT2D eigenvalue weighted by molar-refractivity contribution is -0.123. The molecule has 19 heavy (non-hydrogen) atoms. The first kappa shape index (κ1) is 14.1. The number of nitrogens with zero attached hydrogens (tertiary/aromatic N) is 3. The summed E-state index contributed by atoms with van der Waals surface area (Å²) in [6.45, 7) is 6.81. The molecule has 5 nitrogen and oxygen atoms in total. The van der Waals surface area contributed by atoms with Crippen molar-refractivity contribution >= 4 is 5.91 Å². The summed E-state index contributed by atoms with van der Waals surface area (Å²) in [6.07, 6.45) is 6.11. The number of likely N-dealkylation sites (tertiary alicyclic amines) is 1. The van der Waals surface area contributed by atoms with Gasteiger partial charge in [-0.15, -0.1) is 0 Å². The van der Waals surface area contributed by atoms with Crippen molar-refractivity contribution in [3.8, 4) is 0 Å². The van der Waals surface area contributed by atoms with Crippen LogP contribution in [0, 0.1) is 5.92 Å². The van der Waals surface area contributed by atoms with Gasteiger partial charge in [0.2, 0.25) is 5.91 Å². The fourth-order valence-electron chi connectivity index (χ4n) is 2.57. The van der Waals surface area contributed by atoms with Gasteiger partial charge >= 0.3 is 0 Å². The van der Waals surface area contributed by atoms with E-state index in [1.807, 2.05) is 17.8 Å². The zero-order valence-corrected chi connectivity index (χ0v) is 12.1. The van der Waals surface area contributed by atoms with Gasteiger partial charge in [0.15, 0.2) is 0 Å². The van der Waals surface area contributed by atoms with E-state index in [1.165, 1.54) is 12.8 Å². The minimum absolute atomic E-state index is 0.0184. The SMILES string of the molecule is CC(C)C(NC(=O)CN1CCCC1)c1nccn1C. The molecule has 1 aliphatic heterocycles. The summed E-state index contributed by atoms with van der Waals surface area (Å²) in [7, 11) is 1.96. The van der Waals surface area contributed by atoms with Crippen LogP contribution in [0.2, 0.25) is 0 Å². The third-order valence-corrected chi connectivity index (χ3v) is 3.69. The van der Waals surface area contributed by atoms with Crippen molar-refractivity contribution in [1.29, 1.82) is 0 Å².